The zero-order chi connectivity index (χ0) is 9.26. The Labute approximate surface area is 77.5 Å². The molecule has 0 fully saturated rings. The van der Waals surface area contributed by atoms with Crippen molar-refractivity contribution >= 4 is 0 Å². The summed E-state index contributed by atoms with van der Waals surface area (Å²) in [5.41, 5.74) is 6.68. The molecule has 1 unspecified atom stereocenters. The van der Waals surface area contributed by atoms with Crippen LogP contribution in [-0.4, -0.2) is 19.8 Å². The first-order valence-corrected chi connectivity index (χ1v) is 4.37. The van der Waals surface area contributed by atoms with Crippen LogP contribution in [0.15, 0.2) is 18.2 Å². The third kappa shape index (κ3) is 1.35. The zero-order valence-electron chi connectivity index (χ0n) is 7.62. The molecule has 0 saturated carbocycles. The van der Waals surface area contributed by atoms with E-state index in [1.54, 1.807) is 7.11 Å². The molecular formula is C10H13NO2. The van der Waals surface area contributed by atoms with Crippen LogP contribution in [-0.2, 0) is 6.42 Å². The van der Waals surface area contributed by atoms with Crippen molar-refractivity contribution in [2.75, 3.05) is 13.7 Å². The van der Waals surface area contributed by atoms with Gasteiger partial charge in [0.05, 0.1) is 7.11 Å². The van der Waals surface area contributed by atoms with E-state index in [1.165, 1.54) is 0 Å². The van der Waals surface area contributed by atoms with Crippen LogP contribution in [0.1, 0.15) is 5.56 Å². The lowest BCUT2D eigenvalue weighted by molar-refractivity contribution is 0.241. The van der Waals surface area contributed by atoms with Gasteiger partial charge < -0.3 is 15.2 Å². The molecule has 13 heavy (non-hydrogen) atoms. The summed E-state index contributed by atoms with van der Waals surface area (Å²) >= 11 is 0. The van der Waals surface area contributed by atoms with E-state index >= 15 is 0 Å². The Morgan fingerprint density at radius 1 is 1.62 bits per heavy atom. The Kier molecular flexibility index (Phi) is 2.10. The van der Waals surface area contributed by atoms with Gasteiger partial charge in [0, 0.05) is 18.5 Å². The van der Waals surface area contributed by atoms with Crippen LogP contribution < -0.4 is 15.2 Å². The summed E-state index contributed by atoms with van der Waals surface area (Å²) in [6.07, 6.45) is 0.974. The number of methoxy groups -OCH3 is 1. The van der Waals surface area contributed by atoms with E-state index in [1.807, 2.05) is 18.2 Å². The molecule has 1 aromatic carbocycles. The van der Waals surface area contributed by atoms with E-state index in [2.05, 4.69) is 0 Å². The van der Waals surface area contributed by atoms with Gasteiger partial charge in [-0.05, 0) is 12.1 Å². The number of rotatable bonds is 2. The largest absolute Gasteiger partial charge is 0.496 e. The molecule has 0 aromatic heterocycles. The van der Waals surface area contributed by atoms with Crippen LogP contribution in [0.4, 0.5) is 0 Å². The molecule has 1 atom stereocenters. The second kappa shape index (κ2) is 3.26. The molecule has 0 saturated heterocycles. The molecule has 3 nitrogen and oxygen atoms in total. The van der Waals surface area contributed by atoms with Gasteiger partial charge in [-0.15, -0.1) is 0 Å². The lowest BCUT2D eigenvalue weighted by Gasteiger charge is -2.05. The van der Waals surface area contributed by atoms with Gasteiger partial charge >= 0.3 is 0 Å². The molecule has 2 N–H and O–H groups in total. The number of fused-ring (bicyclic) bond motifs is 1. The zero-order valence-corrected chi connectivity index (χ0v) is 7.62. The molecule has 1 aliphatic rings. The summed E-state index contributed by atoms with van der Waals surface area (Å²) in [6, 6.07) is 5.82. The highest BCUT2D eigenvalue weighted by Gasteiger charge is 2.24. The molecule has 0 spiro atoms. The van der Waals surface area contributed by atoms with Gasteiger partial charge in [0.25, 0.3) is 0 Å². The first-order valence-electron chi connectivity index (χ1n) is 4.37. The van der Waals surface area contributed by atoms with Crippen LogP contribution in [0.25, 0.3) is 0 Å². The van der Waals surface area contributed by atoms with Gasteiger partial charge in [0.15, 0.2) is 0 Å². The smallest absolute Gasteiger partial charge is 0.126 e. The Morgan fingerprint density at radius 3 is 3.15 bits per heavy atom. The number of nitrogens with two attached hydrogens (primary N) is 1. The molecule has 3 heteroatoms. The number of hydrogen-bond acceptors (Lipinski definition) is 3. The summed E-state index contributed by atoms with van der Waals surface area (Å²) in [6.45, 7) is 0.553. The molecule has 0 amide bonds. The Balaban J connectivity index is 2.33. The van der Waals surface area contributed by atoms with Crippen LogP contribution in [0.2, 0.25) is 0 Å². The minimum atomic E-state index is 0.117. The van der Waals surface area contributed by atoms with Crippen LogP contribution in [0.5, 0.6) is 11.5 Å². The monoisotopic (exact) mass is 179 g/mol. The van der Waals surface area contributed by atoms with Crippen molar-refractivity contribution in [3.63, 3.8) is 0 Å². The van der Waals surface area contributed by atoms with Crippen LogP contribution >= 0.6 is 0 Å². The molecule has 0 radical (unpaired) electrons. The third-order valence-corrected chi connectivity index (χ3v) is 2.30. The topological polar surface area (TPSA) is 44.5 Å². The van der Waals surface area contributed by atoms with Crippen LogP contribution in [0, 0.1) is 0 Å². The number of hydrogen-bond donors (Lipinski definition) is 1. The van der Waals surface area contributed by atoms with Crippen LogP contribution in [0.3, 0.4) is 0 Å². The third-order valence-electron chi connectivity index (χ3n) is 2.30. The van der Waals surface area contributed by atoms with E-state index < -0.39 is 0 Å². The van der Waals surface area contributed by atoms with Crippen molar-refractivity contribution < 1.29 is 9.47 Å². The fraction of sp³-hybridized carbons (Fsp3) is 0.400. The first-order chi connectivity index (χ1) is 6.35. The van der Waals surface area contributed by atoms with E-state index in [-0.39, 0.29) is 6.10 Å². The van der Waals surface area contributed by atoms with Gasteiger partial charge in [-0.1, -0.05) is 6.07 Å². The van der Waals surface area contributed by atoms with Crippen molar-refractivity contribution in [3.8, 4) is 11.5 Å². The Hall–Kier alpha value is -1.22. The molecule has 0 bridgehead atoms. The predicted molar refractivity (Wildman–Crippen MR) is 50.2 cm³/mol. The van der Waals surface area contributed by atoms with E-state index in [0.717, 1.165) is 23.5 Å². The molecule has 1 aliphatic heterocycles. The predicted octanol–water partition coefficient (Wildman–Crippen LogP) is 0.957. The van der Waals surface area contributed by atoms with Gasteiger partial charge in [0.1, 0.15) is 17.6 Å². The molecule has 1 aromatic rings. The maximum atomic E-state index is 5.59. The average molecular weight is 179 g/mol. The normalized spacial score (nSPS) is 19.4. The number of benzene rings is 1. The van der Waals surface area contributed by atoms with Crippen molar-refractivity contribution in [3.05, 3.63) is 23.8 Å². The van der Waals surface area contributed by atoms with E-state index in [9.17, 15) is 0 Å². The van der Waals surface area contributed by atoms with Crippen molar-refractivity contribution in [1.82, 2.24) is 0 Å². The van der Waals surface area contributed by atoms with E-state index in [0.29, 0.717) is 6.54 Å². The van der Waals surface area contributed by atoms with Gasteiger partial charge in [-0.2, -0.15) is 0 Å². The summed E-state index contributed by atoms with van der Waals surface area (Å²) in [5.74, 6) is 1.81. The highest BCUT2D eigenvalue weighted by Crippen LogP contribution is 2.35. The first kappa shape index (κ1) is 8.38. The summed E-state index contributed by atoms with van der Waals surface area (Å²) < 4.78 is 10.8. The summed E-state index contributed by atoms with van der Waals surface area (Å²) in [4.78, 5) is 0. The minimum Gasteiger partial charge on any atom is -0.496 e. The van der Waals surface area contributed by atoms with Crippen molar-refractivity contribution in [2.45, 2.75) is 12.5 Å². The average Bonchev–Trinajstić information content (AvgIpc) is 2.59. The van der Waals surface area contributed by atoms with Gasteiger partial charge in [-0.3, -0.25) is 0 Å². The highest BCUT2D eigenvalue weighted by atomic mass is 16.5. The maximum absolute atomic E-state index is 5.59. The van der Waals surface area contributed by atoms with Gasteiger partial charge in [0.2, 0.25) is 0 Å². The van der Waals surface area contributed by atoms with Gasteiger partial charge in [-0.25, -0.2) is 0 Å². The Morgan fingerprint density at radius 2 is 2.46 bits per heavy atom. The van der Waals surface area contributed by atoms with Crippen molar-refractivity contribution in [2.24, 2.45) is 5.73 Å². The fourth-order valence-electron chi connectivity index (χ4n) is 1.63. The quantitative estimate of drug-likeness (QED) is 0.735. The second-order valence-corrected chi connectivity index (χ2v) is 3.12. The lowest BCUT2D eigenvalue weighted by atomic mass is 10.1. The molecule has 1 heterocycles. The maximum Gasteiger partial charge on any atom is 0.126 e. The lowest BCUT2D eigenvalue weighted by Crippen LogP contribution is -2.24. The number of ether oxygens (including phenoxy) is 2. The highest BCUT2D eigenvalue weighted by molar-refractivity contribution is 5.47. The fourth-order valence-corrected chi connectivity index (χ4v) is 1.63. The minimum absolute atomic E-state index is 0.117. The van der Waals surface area contributed by atoms with E-state index in [4.69, 9.17) is 15.2 Å². The summed E-state index contributed by atoms with van der Waals surface area (Å²) in [7, 11) is 1.67. The second-order valence-electron chi connectivity index (χ2n) is 3.12. The molecular weight excluding hydrogens is 166 g/mol. The Bertz CT molecular complexity index is 312. The molecule has 2 rings (SSSR count). The SMILES string of the molecule is COc1cccc2c1CC(CN)O2. The summed E-state index contributed by atoms with van der Waals surface area (Å²) in [5, 5.41) is 0. The molecule has 70 valence electrons. The van der Waals surface area contributed by atoms with Crippen molar-refractivity contribution in [1.29, 1.82) is 0 Å². The standard InChI is InChI=1S/C10H13NO2/c1-12-9-3-2-4-10-8(9)5-7(6-11)13-10/h2-4,7H,5-6,11H2,1H3. The molecule has 0 aliphatic carbocycles.